The fraction of sp³-hybridized carbons (Fsp3) is 1.00. The maximum Gasteiger partial charge on any atom is 0.0575 e. The molecule has 0 aliphatic carbocycles. The molecule has 0 aromatic rings. The second-order valence-electron chi connectivity index (χ2n) is 6.35. The Kier molecular flexibility index (Phi) is 9.54. The third kappa shape index (κ3) is 7.94. The van der Waals surface area contributed by atoms with E-state index in [1.165, 1.54) is 57.8 Å². The van der Waals surface area contributed by atoms with Crippen molar-refractivity contribution in [3.63, 3.8) is 0 Å². The van der Waals surface area contributed by atoms with E-state index in [1.807, 2.05) is 0 Å². The lowest BCUT2D eigenvalue weighted by Gasteiger charge is -2.27. The van der Waals surface area contributed by atoms with Crippen molar-refractivity contribution >= 4 is 0 Å². The van der Waals surface area contributed by atoms with Crippen molar-refractivity contribution in [2.24, 2.45) is 5.92 Å². The van der Waals surface area contributed by atoms with Crippen molar-refractivity contribution < 1.29 is 4.74 Å². The minimum atomic E-state index is 0.543. The molecular weight excluding hydrogens is 234 g/mol. The summed E-state index contributed by atoms with van der Waals surface area (Å²) in [7, 11) is 0. The summed E-state index contributed by atoms with van der Waals surface area (Å²) in [5.74, 6) is 0.853. The van der Waals surface area contributed by atoms with Crippen LogP contribution in [0.25, 0.3) is 0 Å². The van der Waals surface area contributed by atoms with Crippen LogP contribution in [0.5, 0.6) is 0 Å². The molecule has 3 atom stereocenters. The van der Waals surface area contributed by atoms with Gasteiger partial charge < -0.3 is 10.1 Å². The number of hydrogen-bond acceptors (Lipinski definition) is 2. The minimum Gasteiger partial charge on any atom is -0.378 e. The Morgan fingerprint density at radius 1 is 1.16 bits per heavy atom. The molecule has 0 amide bonds. The molecule has 114 valence electrons. The third-order valence-corrected chi connectivity index (χ3v) is 4.26. The third-order valence-electron chi connectivity index (χ3n) is 4.26. The Morgan fingerprint density at radius 3 is 2.63 bits per heavy atom. The van der Waals surface area contributed by atoms with Gasteiger partial charge in [-0.1, -0.05) is 33.6 Å². The standard InChI is InChI=1S/C17H35NO/c1-4-8-15(3)14-16(18-12-5-2)10-11-17-9-6-7-13-19-17/h15-18H,4-14H2,1-3H3. The van der Waals surface area contributed by atoms with Crippen LogP contribution >= 0.6 is 0 Å². The van der Waals surface area contributed by atoms with Crippen LogP contribution in [0.4, 0.5) is 0 Å². The van der Waals surface area contributed by atoms with Gasteiger partial charge in [-0.05, 0) is 57.4 Å². The first kappa shape index (κ1) is 17.0. The molecule has 1 N–H and O–H groups in total. The molecule has 0 spiro atoms. The van der Waals surface area contributed by atoms with Gasteiger partial charge >= 0.3 is 0 Å². The lowest BCUT2D eigenvalue weighted by Crippen LogP contribution is -2.33. The summed E-state index contributed by atoms with van der Waals surface area (Å²) in [5.41, 5.74) is 0. The van der Waals surface area contributed by atoms with E-state index in [0.717, 1.165) is 19.1 Å². The van der Waals surface area contributed by atoms with Crippen LogP contribution in [0.1, 0.15) is 78.6 Å². The van der Waals surface area contributed by atoms with E-state index in [2.05, 4.69) is 26.1 Å². The Bertz CT molecular complexity index is 201. The Morgan fingerprint density at radius 2 is 2.00 bits per heavy atom. The summed E-state index contributed by atoms with van der Waals surface area (Å²) in [5, 5.41) is 3.74. The van der Waals surface area contributed by atoms with Gasteiger partial charge in [0, 0.05) is 12.6 Å². The highest BCUT2D eigenvalue weighted by atomic mass is 16.5. The molecule has 1 aliphatic rings. The van der Waals surface area contributed by atoms with Gasteiger partial charge in [0.25, 0.3) is 0 Å². The number of hydrogen-bond donors (Lipinski definition) is 1. The van der Waals surface area contributed by atoms with Gasteiger partial charge in [-0.15, -0.1) is 0 Å². The average Bonchev–Trinajstić information content (AvgIpc) is 2.43. The zero-order chi connectivity index (χ0) is 13.9. The molecule has 0 saturated carbocycles. The van der Waals surface area contributed by atoms with Crippen molar-refractivity contribution in [1.29, 1.82) is 0 Å². The van der Waals surface area contributed by atoms with Gasteiger partial charge in [0.05, 0.1) is 6.10 Å². The topological polar surface area (TPSA) is 21.3 Å². The molecule has 0 radical (unpaired) electrons. The van der Waals surface area contributed by atoms with E-state index in [9.17, 15) is 0 Å². The summed E-state index contributed by atoms with van der Waals surface area (Å²) >= 11 is 0. The number of nitrogens with one attached hydrogen (secondary N) is 1. The Labute approximate surface area is 120 Å². The molecular formula is C17H35NO. The maximum absolute atomic E-state index is 5.86. The SMILES string of the molecule is CCCNC(CCC1CCCCO1)CC(C)CCC. The smallest absolute Gasteiger partial charge is 0.0575 e. The first-order valence-corrected chi connectivity index (χ1v) is 8.61. The van der Waals surface area contributed by atoms with Crippen molar-refractivity contribution in [2.75, 3.05) is 13.2 Å². The van der Waals surface area contributed by atoms with E-state index in [0.29, 0.717) is 12.1 Å². The molecule has 1 rings (SSSR count). The lowest BCUT2D eigenvalue weighted by molar-refractivity contribution is 0.00819. The molecule has 2 nitrogen and oxygen atoms in total. The van der Waals surface area contributed by atoms with Crippen LogP contribution < -0.4 is 5.32 Å². The number of rotatable bonds is 10. The van der Waals surface area contributed by atoms with Crippen molar-refractivity contribution in [1.82, 2.24) is 5.32 Å². The van der Waals surface area contributed by atoms with Crippen molar-refractivity contribution in [3.8, 4) is 0 Å². The normalized spacial score (nSPS) is 23.2. The summed E-state index contributed by atoms with van der Waals surface area (Å²) in [4.78, 5) is 0. The second-order valence-corrected chi connectivity index (χ2v) is 6.35. The molecule has 1 fully saturated rings. The predicted molar refractivity (Wildman–Crippen MR) is 83.6 cm³/mol. The van der Waals surface area contributed by atoms with Crippen LogP contribution in [0.3, 0.4) is 0 Å². The van der Waals surface area contributed by atoms with Crippen LogP contribution in [0, 0.1) is 5.92 Å². The largest absolute Gasteiger partial charge is 0.378 e. The van der Waals surface area contributed by atoms with Gasteiger partial charge in [0.2, 0.25) is 0 Å². The maximum atomic E-state index is 5.86. The monoisotopic (exact) mass is 269 g/mol. The van der Waals surface area contributed by atoms with E-state index in [1.54, 1.807) is 0 Å². The molecule has 1 heterocycles. The average molecular weight is 269 g/mol. The molecule has 19 heavy (non-hydrogen) atoms. The molecule has 0 aromatic carbocycles. The van der Waals surface area contributed by atoms with Crippen molar-refractivity contribution in [2.45, 2.75) is 90.7 Å². The van der Waals surface area contributed by atoms with E-state index >= 15 is 0 Å². The van der Waals surface area contributed by atoms with E-state index < -0.39 is 0 Å². The van der Waals surface area contributed by atoms with Crippen LogP contribution in [0.15, 0.2) is 0 Å². The lowest BCUT2D eigenvalue weighted by atomic mass is 9.93. The molecule has 0 aromatic heterocycles. The minimum absolute atomic E-state index is 0.543. The van der Waals surface area contributed by atoms with Gasteiger partial charge in [-0.25, -0.2) is 0 Å². The van der Waals surface area contributed by atoms with Gasteiger partial charge in [-0.3, -0.25) is 0 Å². The van der Waals surface area contributed by atoms with E-state index in [4.69, 9.17) is 4.74 Å². The molecule has 0 bridgehead atoms. The predicted octanol–water partition coefficient (Wildman–Crippen LogP) is 4.53. The quantitative estimate of drug-likeness (QED) is 0.629. The molecule has 1 aliphatic heterocycles. The Balaban J connectivity index is 2.26. The van der Waals surface area contributed by atoms with Crippen LogP contribution in [-0.2, 0) is 4.74 Å². The number of ether oxygens (including phenoxy) is 1. The van der Waals surface area contributed by atoms with Crippen LogP contribution in [-0.4, -0.2) is 25.3 Å². The highest BCUT2D eigenvalue weighted by molar-refractivity contribution is 4.73. The summed E-state index contributed by atoms with van der Waals surface area (Å²) in [6, 6.07) is 0.701. The molecule has 3 unspecified atom stereocenters. The van der Waals surface area contributed by atoms with Gasteiger partial charge in [-0.2, -0.15) is 0 Å². The summed E-state index contributed by atoms with van der Waals surface area (Å²) < 4.78 is 5.86. The highest BCUT2D eigenvalue weighted by Gasteiger charge is 2.17. The second kappa shape index (κ2) is 10.7. The summed E-state index contributed by atoms with van der Waals surface area (Å²) in [6.07, 6.45) is 12.2. The van der Waals surface area contributed by atoms with Gasteiger partial charge in [0.15, 0.2) is 0 Å². The zero-order valence-electron chi connectivity index (χ0n) is 13.4. The van der Waals surface area contributed by atoms with Gasteiger partial charge in [0.1, 0.15) is 0 Å². The fourth-order valence-corrected chi connectivity index (χ4v) is 3.17. The Hall–Kier alpha value is -0.0800. The first-order valence-electron chi connectivity index (χ1n) is 8.61. The van der Waals surface area contributed by atoms with Crippen LogP contribution in [0.2, 0.25) is 0 Å². The van der Waals surface area contributed by atoms with Crippen molar-refractivity contribution in [3.05, 3.63) is 0 Å². The molecule has 2 heteroatoms. The highest BCUT2D eigenvalue weighted by Crippen LogP contribution is 2.21. The zero-order valence-corrected chi connectivity index (χ0v) is 13.4. The first-order chi connectivity index (χ1) is 9.26. The fourth-order valence-electron chi connectivity index (χ4n) is 3.17. The summed E-state index contributed by atoms with van der Waals surface area (Å²) in [6.45, 7) is 9.10. The molecule has 1 saturated heterocycles. The van der Waals surface area contributed by atoms with E-state index in [-0.39, 0.29) is 0 Å².